The minimum absolute atomic E-state index is 0.0490. The molecule has 0 radical (unpaired) electrons. The Balaban J connectivity index is 1.62. The highest BCUT2D eigenvalue weighted by molar-refractivity contribution is 8.09. The zero-order valence-electron chi connectivity index (χ0n) is 21.3. The third kappa shape index (κ3) is 3.72. The van der Waals surface area contributed by atoms with Gasteiger partial charge in [0.15, 0.2) is 0 Å². The van der Waals surface area contributed by atoms with Crippen LogP contribution in [0.15, 0.2) is 72.3 Å². The molecule has 2 aromatic heterocycles. The predicted molar refractivity (Wildman–Crippen MR) is 156 cm³/mol. The van der Waals surface area contributed by atoms with Gasteiger partial charge in [-0.05, 0) is 66.3 Å². The average Bonchev–Trinajstić information content (AvgIpc) is 3.33. The molecule has 3 heteroatoms. The van der Waals surface area contributed by atoms with Gasteiger partial charge < -0.3 is 0 Å². The molecule has 0 saturated heterocycles. The summed E-state index contributed by atoms with van der Waals surface area (Å²) in [6.45, 7) is 13.7. The maximum absolute atomic E-state index is 5.26. The fourth-order valence-electron chi connectivity index (χ4n) is 5.51. The first-order valence-corrected chi connectivity index (χ1v) is 14.1. The fourth-order valence-corrected chi connectivity index (χ4v) is 8.05. The zero-order valence-corrected chi connectivity index (χ0v) is 22.9. The first kappa shape index (κ1) is 22.8. The number of benzene rings is 2. The number of thioether (sulfide) groups is 1. The monoisotopic (exact) mass is 493 g/mol. The van der Waals surface area contributed by atoms with E-state index in [0.29, 0.717) is 11.2 Å². The molecule has 0 fully saturated rings. The van der Waals surface area contributed by atoms with Gasteiger partial charge in [0, 0.05) is 37.5 Å². The largest absolute Gasteiger partial charge is 0.237 e. The third-order valence-corrected chi connectivity index (χ3v) is 10.1. The van der Waals surface area contributed by atoms with E-state index in [1.165, 1.54) is 53.8 Å². The van der Waals surface area contributed by atoms with Crippen LogP contribution >= 0.6 is 23.1 Å². The molecule has 2 atom stereocenters. The highest BCUT2D eigenvalue weighted by Crippen LogP contribution is 2.52. The Kier molecular flexibility index (Phi) is 5.36. The van der Waals surface area contributed by atoms with Gasteiger partial charge in [0.1, 0.15) is 4.83 Å². The highest BCUT2D eigenvalue weighted by Gasteiger charge is 2.33. The Labute approximate surface area is 216 Å². The molecule has 1 aliphatic carbocycles. The second-order valence-corrected chi connectivity index (χ2v) is 13.3. The molecule has 1 aliphatic heterocycles. The van der Waals surface area contributed by atoms with Crippen LogP contribution in [0.3, 0.4) is 0 Å². The summed E-state index contributed by atoms with van der Waals surface area (Å²) in [6, 6.07) is 15.8. The summed E-state index contributed by atoms with van der Waals surface area (Å²) in [5.74, 6) is 0.486. The summed E-state index contributed by atoms with van der Waals surface area (Å²) >= 11 is 3.85. The zero-order chi connectivity index (χ0) is 24.5. The second-order valence-electron chi connectivity index (χ2n) is 10.9. The first-order chi connectivity index (χ1) is 16.7. The molecule has 2 aliphatic rings. The lowest BCUT2D eigenvalue weighted by molar-refractivity contribution is 0.596. The molecule has 0 bridgehead atoms. The number of aryl methyl sites for hydroxylation is 2. The Hall–Kier alpha value is -2.62. The van der Waals surface area contributed by atoms with E-state index in [4.69, 9.17) is 4.98 Å². The molecule has 176 valence electrons. The molecule has 4 aromatic rings. The summed E-state index contributed by atoms with van der Waals surface area (Å²) < 4.78 is 0. The van der Waals surface area contributed by atoms with Crippen molar-refractivity contribution in [1.29, 1.82) is 0 Å². The Bertz CT molecular complexity index is 1590. The van der Waals surface area contributed by atoms with Crippen LogP contribution < -0.4 is 0 Å². The topological polar surface area (TPSA) is 12.9 Å². The summed E-state index contributed by atoms with van der Waals surface area (Å²) in [4.78, 5) is 9.21. The van der Waals surface area contributed by atoms with Crippen LogP contribution in [-0.4, -0.2) is 10.2 Å². The average molecular weight is 494 g/mol. The molecular formula is C32H31NS2. The van der Waals surface area contributed by atoms with Gasteiger partial charge in [-0.2, -0.15) is 0 Å². The number of fused-ring (bicyclic) bond motifs is 3. The molecule has 0 amide bonds. The van der Waals surface area contributed by atoms with Gasteiger partial charge in [0.25, 0.3) is 0 Å². The van der Waals surface area contributed by atoms with Crippen molar-refractivity contribution in [1.82, 2.24) is 4.98 Å². The molecule has 0 saturated carbocycles. The van der Waals surface area contributed by atoms with Gasteiger partial charge in [-0.25, -0.2) is 4.98 Å². The van der Waals surface area contributed by atoms with Crippen molar-refractivity contribution in [2.24, 2.45) is 5.92 Å². The Morgan fingerprint density at radius 2 is 1.69 bits per heavy atom. The quantitative estimate of drug-likeness (QED) is 0.276. The van der Waals surface area contributed by atoms with Crippen molar-refractivity contribution in [3.63, 3.8) is 0 Å². The number of allylic oxidation sites excluding steroid dienone is 4. The summed E-state index contributed by atoms with van der Waals surface area (Å²) in [6.07, 6.45) is 9.12. The fraction of sp³-hybridized carbons (Fsp3) is 0.281. The number of pyridine rings is 1. The van der Waals surface area contributed by atoms with E-state index >= 15 is 0 Å². The van der Waals surface area contributed by atoms with Crippen LogP contribution in [0.5, 0.6) is 0 Å². The minimum Gasteiger partial charge on any atom is -0.237 e. The van der Waals surface area contributed by atoms with Crippen LogP contribution in [0.4, 0.5) is 0 Å². The maximum Gasteiger partial charge on any atom is 0.125 e. The van der Waals surface area contributed by atoms with Crippen molar-refractivity contribution in [3.05, 3.63) is 93.9 Å². The van der Waals surface area contributed by atoms with E-state index in [0.717, 1.165) is 10.5 Å². The van der Waals surface area contributed by atoms with Crippen molar-refractivity contribution in [2.45, 2.75) is 52.2 Å². The van der Waals surface area contributed by atoms with Gasteiger partial charge in [-0.3, -0.25) is 0 Å². The lowest BCUT2D eigenvalue weighted by atomic mass is 9.82. The van der Waals surface area contributed by atoms with Gasteiger partial charge >= 0.3 is 0 Å². The third-order valence-electron chi connectivity index (χ3n) is 7.55. The van der Waals surface area contributed by atoms with Crippen LogP contribution in [0.2, 0.25) is 0 Å². The van der Waals surface area contributed by atoms with E-state index in [9.17, 15) is 0 Å². The minimum atomic E-state index is 0.0490. The van der Waals surface area contributed by atoms with E-state index < -0.39 is 0 Å². The van der Waals surface area contributed by atoms with Crippen molar-refractivity contribution in [2.75, 3.05) is 0 Å². The number of hydrogen-bond donors (Lipinski definition) is 0. The summed E-state index contributed by atoms with van der Waals surface area (Å²) in [5, 5.41) is 4.45. The predicted octanol–water partition coefficient (Wildman–Crippen LogP) is 9.62. The van der Waals surface area contributed by atoms with Crippen LogP contribution in [-0.2, 0) is 5.41 Å². The molecule has 2 unspecified atom stereocenters. The van der Waals surface area contributed by atoms with Crippen molar-refractivity contribution < 1.29 is 0 Å². The van der Waals surface area contributed by atoms with Crippen LogP contribution in [0.25, 0.3) is 37.2 Å². The molecule has 0 N–H and O–H groups in total. The van der Waals surface area contributed by atoms with Crippen molar-refractivity contribution >= 4 is 49.0 Å². The number of rotatable bonds is 2. The van der Waals surface area contributed by atoms with Gasteiger partial charge in [-0.1, -0.05) is 74.9 Å². The lowest BCUT2D eigenvalue weighted by Crippen LogP contribution is -2.12. The molecule has 3 heterocycles. The molecular weight excluding hydrogens is 462 g/mol. The molecule has 0 spiro atoms. The Morgan fingerprint density at radius 3 is 2.46 bits per heavy atom. The van der Waals surface area contributed by atoms with E-state index in [1.807, 2.05) is 23.1 Å². The lowest BCUT2D eigenvalue weighted by Gasteiger charge is -2.23. The van der Waals surface area contributed by atoms with E-state index in [2.05, 4.69) is 108 Å². The van der Waals surface area contributed by atoms with E-state index in [-0.39, 0.29) is 5.41 Å². The number of nitrogens with zero attached hydrogens (tertiary/aromatic N) is 1. The van der Waals surface area contributed by atoms with Crippen molar-refractivity contribution in [3.8, 4) is 11.3 Å². The molecule has 35 heavy (non-hydrogen) atoms. The molecule has 6 rings (SSSR count). The first-order valence-electron chi connectivity index (χ1n) is 12.4. The van der Waals surface area contributed by atoms with Gasteiger partial charge in [0.05, 0.1) is 5.69 Å². The van der Waals surface area contributed by atoms with Crippen LogP contribution in [0, 0.1) is 19.8 Å². The van der Waals surface area contributed by atoms with Gasteiger partial charge in [0.2, 0.25) is 0 Å². The smallest absolute Gasteiger partial charge is 0.125 e. The van der Waals surface area contributed by atoms with Crippen LogP contribution in [0.1, 0.15) is 49.3 Å². The molecule has 2 aromatic carbocycles. The normalized spacial score (nSPS) is 19.8. The summed E-state index contributed by atoms with van der Waals surface area (Å²) in [5.41, 5.74) is 7.92. The SMILES string of the molecule is CC1=C(c2cc(-c3cc(C(C)(C)C)c4ccccc4c3)nc3sc(C)c(C)c23)SC2C=CC=CC12. The van der Waals surface area contributed by atoms with E-state index in [1.54, 1.807) is 0 Å². The number of aromatic nitrogens is 1. The Morgan fingerprint density at radius 1 is 0.914 bits per heavy atom. The standard InChI is InChI=1S/C32H31NS2/c1-18-20(3)34-31-29(18)25(30-19(2)23-12-9-10-14-28(23)35-30)17-27(33-31)22-15-21-11-7-8-13-24(21)26(16-22)32(4,5)6/h7-17,23,28H,1-6H3. The number of hydrogen-bond acceptors (Lipinski definition) is 3. The summed E-state index contributed by atoms with van der Waals surface area (Å²) in [7, 11) is 0. The number of thiophene rings is 1. The maximum atomic E-state index is 5.26. The molecule has 1 nitrogen and oxygen atoms in total. The second kappa shape index (κ2) is 8.21. The highest BCUT2D eigenvalue weighted by atomic mass is 32.2. The van der Waals surface area contributed by atoms with Gasteiger partial charge in [-0.15, -0.1) is 23.1 Å².